The van der Waals surface area contributed by atoms with Gasteiger partial charge in [-0.25, -0.2) is 4.98 Å². The van der Waals surface area contributed by atoms with Gasteiger partial charge in [-0.15, -0.1) is 0 Å². The maximum atomic E-state index is 4.56. The zero-order valence-electron chi connectivity index (χ0n) is 12.4. The van der Waals surface area contributed by atoms with E-state index in [2.05, 4.69) is 45.3 Å². The molecule has 1 N–H and O–H groups in total. The number of aryl methyl sites for hydroxylation is 1. The lowest BCUT2D eigenvalue weighted by Crippen LogP contribution is -2.24. The minimum atomic E-state index is 0.786. The molecular formula is C16H22N4. The van der Waals surface area contributed by atoms with Crippen LogP contribution in [-0.4, -0.2) is 23.6 Å². The number of hydrogen-bond acceptors (Lipinski definition) is 4. The molecule has 0 unspecified atom stereocenters. The molecule has 2 rings (SSSR count). The second kappa shape index (κ2) is 7.01. The molecule has 0 aliphatic rings. The highest BCUT2D eigenvalue weighted by Crippen LogP contribution is 2.15. The summed E-state index contributed by atoms with van der Waals surface area (Å²) >= 11 is 0. The molecule has 0 atom stereocenters. The van der Waals surface area contributed by atoms with Gasteiger partial charge in [-0.1, -0.05) is 6.07 Å². The quantitative estimate of drug-likeness (QED) is 0.876. The van der Waals surface area contributed by atoms with Crippen LogP contribution in [0.25, 0.3) is 0 Å². The maximum absolute atomic E-state index is 4.56. The number of rotatable bonds is 6. The number of anilines is 1. The molecule has 0 radical (unpaired) electrons. The van der Waals surface area contributed by atoms with Gasteiger partial charge in [0.1, 0.15) is 5.82 Å². The zero-order valence-corrected chi connectivity index (χ0v) is 12.4. The molecule has 106 valence electrons. The van der Waals surface area contributed by atoms with Crippen LogP contribution in [0.3, 0.4) is 0 Å². The lowest BCUT2D eigenvalue weighted by Gasteiger charge is -2.22. The summed E-state index contributed by atoms with van der Waals surface area (Å²) in [6, 6.07) is 10.3. The summed E-state index contributed by atoms with van der Waals surface area (Å²) in [6.07, 6.45) is 1.87. The van der Waals surface area contributed by atoms with Crippen molar-refractivity contribution in [3.05, 3.63) is 53.5 Å². The average molecular weight is 270 g/mol. The Balaban J connectivity index is 2.17. The lowest BCUT2D eigenvalue weighted by atomic mass is 10.2. The highest BCUT2D eigenvalue weighted by molar-refractivity contribution is 5.41. The number of pyridine rings is 2. The Morgan fingerprint density at radius 2 is 2.10 bits per heavy atom. The Hall–Kier alpha value is -1.94. The summed E-state index contributed by atoms with van der Waals surface area (Å²) in [5, 5.41) is 3.17. The molecular weight excluding hydrogens is 248 g/mol. The standard InChI is InChI=1S/C16H22N4/c1-4-20(12-15-7-5-6-13(2)19-15)16-10-14(11-17-3)8-9-18-16/h5-10,17H,4,11-12H2,1-3H3. The summed E-state index contributed by atoms with van der Waals surface area (Å²) < 4.78 is 0. The van der Waals surface area contributed by atoms with Crippen molar-refractivity contribution in [3.8, 4) is 0 Å². The van der Waals surface area contributed by atoms with Crippen molar-refractivity contribution >= 4 is 5.82 Å². The fraction of sp³-hybridized carbons (Fsp3) is 0.375. The predicted molar refractivity (Wildman–Crippen MR) is 82.7 cm³/mol. The number of nitrogens with zero attached hydrogens (tertiary/aromatic N) is 3. The second-order valence-electron chi connectivity index (χ2n) is 4.84. The first-order chi connectivity index (χ1) is 9.72. The van der Waals surface area contributed by atoms with Gasteiger partial charge in [-0.3, -0.25) is 4.98 Å². The zero-order chi connectivity index (χ0) is 14.4. The Bertz CT molecular complexity index is 554. The average Bonchev–Trinajstić information content (AvgIpc) is 2.45. The van der Waals surface area contributed by atoms with Gasteiger partial charge in [0.25, 0.3) is 0 Å². The van der Waals surface area contributed by atoms with Crippen LogP contribution < -0.4 is 10.2 Å². The second-order valence-corrected chi connectivity index (χ2v) is 4.84. The van der Waals surface area contributed by atoms with Crippen LogP contribution in [0.5, 0.6) is 0 Å². The van der Waals surface area contributed by atoms with E-state index in [1.807, 2.05) is 32.3 Å². The minimum Gasteiger partial charge on any atom is -0.351 e. The summed E-state index contributed by atoms with van der Waals surface area (Å²) in [5.41, 5.74) is 3.37. The molecule has 0 saturated carbocycles. The Kier molecular flexibility index (Phi) is 5.07. The molecule has 0 aromatic carbocycles. The lowest BCUT2D eigenvalue weighted by molar-refractivity contribution is 0.780. The summed E-state index contributed by atoms with van der Waals surface area (Å²) in [4.78, 5) is 11.3. The van der Waals surface area contributed by atoms with Crippen LogP contribution in [-0.2, 0) is 13.1 Å². The Labute approximate surface area is 120 Å². The number of aromatic nitrogens is 2. The number of nitrogens with one attached hydrogen (secondary N) is 1. The van der Waals surface area contributed by atoms with Gasteiger partial charge in [0.15, 0.2) is 0 Å². The van der Waals surface area contributed by atoms with E-state index in [4.69, 9.17) is 0 Å². The van der Waals surface area contributed by atoms with Crippen molar-refractivity contribution in [2.75, 3.05) is 18.5 Å². The van der Waals surface area contributed by atoms with E-state index in [1.54, 1.807) is 0 Å². The van der Waals surface area contributed by atoms with Gasteiger partial charge in [0.05, 0.1) is 12.2 Å². The van der Waals surface area contributed by atoms with Crippen molar-refractivity contribution in [1.29, 1.82) is 0 Å². The van der Waals surface area contributed by atoms with Crippen LogP contribution in [0.4, 0.5) is 5.82 Å². The molecule has 4 heteroatoms. The molecule has 0 fully saturated rings. The van der Waals surface area contributed by atoms with E-state index in [-0.39, 0.29) is 0 Å². The first-order valence-corrected chi connectivity index (χ1v) is 7.00. The molecule has 4 nitrogen and oxygen atoms in total. The highest BCUT2D eigenvalue weighted by Gasteiger charge is 2.08. The van der Waals surface area contributed by atoms with Crippen molar-refractivity contribution < 1.29 is 0 Å². The van der Waals surface area contributed by atoms with E-state index >= 15 is 0 Å². The van der Waals surface area contributed by atoms with Crippen LogP contribution in [0.1, 0.15) is 23.9 Å². The fourth-order valence-corrected chi connectivity index (χ4v) is 2.19. The largest absolute Gasteiger partial charge is 0.351 e. The summed E-state index contributed by atoms with van der Waals surface area (Å²) in [7, 11) is 1.95. The van der Waals surface area contributed by atoms with Crippen molar-refractivity contribution in [3.63, 3.8) is 0 Å². The van der Waals surface area contributed by atoms with E-state index in [9.17, 15) is 0 Å². The molecule has 0 aliphatic heterocycles. The maximum Gasteiger partial charge on any atom is 0.129 e. The monoisotopic (exact) mass is 270 g/mol. The molecule has 20 heavy (non-hydrogen) atoms. The van der Waals surface area contributed by atoms with Gasteiger partial charge in [0, 0.05) is 25.0 Å². The Morgan fingerprint density at radius 3 is 2.80 bits per heavy atom. The van der Waals surface area contributed by atoms with Crippen LogP contribution in [0, 0.1) is 6.92 Å². The molecule has 0 spiro atoms. The van der Waals surface area contributed by atoms with Crippen LogP contribution >= 0.6 is 0 Å². The summed E-state index contributed by atoms with van der Waals surface area (Å²) in [6.45, 7) is 6.71. The molecule has 0 aliphatic carbocycles. The molecule has 2 aromatic rings. The minimum absolute atomic E-state index is 0.786. The van der Waals surface area contributed by atoms with Gasteiger partial charge < -0.3 is 10.2 Å². The molecule has 0 amide bonds. The third kappa shape index (κ3) is 3.78. The third-order valence-corrected chi connectivity index (χ3v) is 3.20. The Morgan fingerprint density at radius 1 is 1.25 bits per heavy atom. The molecule has 0 bridgehead atoms. The molecule has 0 saturated heterocycles. The van der Waals surface area contributed by atoms with E-state index in [1.165, 1.54) is 5.56 Å². The van der Waals surface area contributed by atoms with E-state index in [0.29, 0.717) is 0 Å². The number of hydrogen-bond donors (Lipinski definition) is 1. The fourth-order valence-electron chi connectivity index (χ4n) is 2.19. The molecule has 2 heterocycles. The van der Waals surface area contributed by atoms with Gasteiger partial charge >= 0.3 is 0 Å². The van der Waals surface area contributed by atoms with E-state index < -0.39 is 0 Å². The highest BCUT2D eigenvalue weighted by atomic mass is 15.2. The smallest absolute Gasteiger partial charge is 0.129 e. The van der Waals surface area contributed by atoms with Crippen molar-refractivity contribution in [2.24, 2.45) is 0 Å². The third-order valence-electron chi connectivity index (χ3n) is 3.20. The van der Waals surface area contributed by atoms with Gasteiger partial charge in [-0.2, -0.15) is 0 Å². The van der Waals surface area contributed by atoms with Crippen molar-refractivity contribution in [2.45, 2.75) is 26.9 Å². The van der Waals surface area contributed by atoms with Gasteiger partial charge in [-0.05, 0) is 50.7 Å². The van der Waals surface area contributed by atoms with Crippen LogP contribution in [0.2, 0.25) is 0 Å². The normalized spacial score (nSPS) is 10.6. The van der Waals surface area contributed by atoms with Crippen molar-refractivity contribution in [1.82, 2.24) is 15.3 Å². The first kappa shape index (κ1) is 14.5. The van der Waals surface area contributed by atoms with E-state index in [0.717, 1.165) is 36.8 Å². The topological polar surface area (TPSA) is 41.1 Å². The SMILES string of the molecule is CCN(Cc1cccc(C)n1)c1cc(CNC)ccn1. The molecule has 2 aromatic heterocycles. The first-order valence-electron chi connectivity index (χ1n) is 7.00. The summed E-state index contributed by atoms with van der Waals surface area (Å²) in [5.74, 6) is 1.00. The predicted octanol–water partition coefficient (Wildman–Crippen LogP) is 2.53. The van der Waals surface area contributed by atoms with Gasteiger partial charge in [0.2, 0.25) is 0 Å². The van der Waals surface area contributed by atoms with Crippen LogP contribution in [0.15, 0.2) is 36.5 Å².